The van der Waals surface area contributed by atoms with Gasteiger partial charge in [-0.3, -0.25) is 4.98 Å². The zero-order chi connectivity index (χ0) is 9.97. The van der Waals surface area contributed by atoms with E-state index >= 15 is 0 Å². The lowest BCUT2D eigenvalue weighted by atomic mass is 10.3. The van der Waals surface area contributed by atoms with Crippen molar-refractivity contribution < 1.29 is 0 Å². The number of fused-ring (bicyclic) bond motifs is 1. The Balaban J connectivity index is 3.01. The van der Waals surface area contributed by atoms with Gasteiger partial charge in [-0.15, -0.1) is 0 Å². The van der Waals surface area contributed by atoms with Gasteiger partial charge in [-0.2, -0.15) is 0 Å². The Hall–Kier alpha value is -1.83. The molecular formula is C12H12N2. The first-order valence-electron chi connectivity index (χ1n) is 4.58. The molecule has 2 heterocycles. The standard InChI is InChI=1S/C12H12N2/c1-3-6-10-9(4-2)12-11(14-10)7-5-8-13-12/h3-8,14H,1H2,2H3/b9-4+,10-6+. The molecule has 0 aliphatic rings. The Labute approximate surface area is 82.3 Å². The van der Waals surface area contributed by atoms with Crippen molar-refractivity contribution in [2.75, 3.05) is 0 Å². The van der Waals surface area contributed by atoms with Crippen LogP contribution in [0, 0.1) is 0 Å². The van der Waals surface area contributed by atoms with Gasteiger partial charge in [-0.25, -0.2) is 0 Å². The highest BCUT2D eigenvalue weighted by Crippen LogP contribution is 1.99. The Kier molecular flexibility index (Phi) is 2.19. The van der Waals surface area contributed by atoms with Crippen molar-refractivity contribution >= 4 is 23.2 Å². The van der Waals surface area contributed by atoms with Crippen LogP contribution in [0.5, 0.6) is 0 Å². The number of H-pyrrole nitrogens is 1. The zero-order valence-corrected chi connectivity index (χ0v) is 8.12. The molecule has 0 atom stereocenters. The number of nitrogens with one attached hydrogen (secondary N) is 1. The summed E-state index contributed by atoms with van der Waals surface area (Å²) in [5.74, 6) is 0. The number of nitrogens with zero attached hydrogens (tertiary/aromatic N) is 1. The maximum atomic E-state index is 4.34. The van der Waals surface area contributed by atoms with Crippen molar-refractivity contribution in [1.29, 1.82) is 0 Å². The topological polar surface area (TPSA) is 28.7 Å². The second kappa shape index (κ2) is 3.50. The maximum absolute atomic E-state index is 4.34. The van der Waals surface area contributed by atoms with E-state index in [2.05, 4.69) is 22.6 Å². The Bertz CT molecular complexity index is 576. The van der Waals surface area contributed by atoms with Crippen molar-refractivity contribution in [3.63, 3.8) is 0 Å². The molecule has 0 amide bonds. The van der Waals surface area contributed by atoms with Gasteiger partial charge in [0.05, 0.1) is 11.0 Å². The van der Waals surface area contributed by atoms with Gasteiger partial charge in [0.1, 0.15) is 0 Å². The Morgan fingerprint density at radius 3 is 3.07 bits per heavy atom. The molecule has 0 saturated carbocycles. The van der Waals surface area contributed by atoms with Crippen molar-refractivity contribution in [1.82, 2.24) is 9.97 Å². The fourth-order valence-corrected chi connectivity index (χ4v) is 1.60. The molecule has 70 valence electrons. The third kappa shape index (κ3) is 1.25. The molecule has 2 nitrogen and oxygen atoms in total. The van der Waals surface area contributed by atoms with Crippen LogP contribution in [0.25, 0.3) is 23.2 Å². The second-order valence-corrected chi connectivity index (χ2v) is 3.04. The van der Waals surface area contributed by atoms with Gasteiger partial charge >= 0.3 is 0 Å². The van der Waals surface area contributed by atoms with E-state index in [9.17, 15) is 0 Å². The van der Waals surface area contributed by atoms with E-state index in [4.69, 9.17) is 0 Å². The summed E-state index contributed by atoms with van der Waals surface area (Å²) in [6, 6.07) is 3.95. The molecule has 1 N–H and O–H groups in total. The van der Waals surface area contributed by atoms with Gasteiger partial charge in [0.25, 0.3) is 0 Å². The third-order valence-electron chi connectivity index (χ3n) is 2.20. The molecule has 0 radical (unpaired) electrons. The predicted octanol–water partition coefficient (Wildman–Crippen LogP) is 1.33. The van der Waals surface area contributed by atoms with Crippen LogP contribution >= 0.6 is 0 Å². The number of allylic oxidation sites excluding steroid dienone is 1. The molecular weight excluding hydrogens is 172 g/mol. The molecule has 14 heavy (non-hydrogen) atoms. The van der Waals surface area contributed by atoms with E-state index < -0.39 is 0 Å². The molecule has 0 aliphatic carbocycles. The van der Waals surface area contributed by atoms with E-state index in [1.165, 1.54) is 0 Å². The van der Waals surface area contributed by atoms with Gasteiger partial charge in [-0.1, -0.05) is 18.7 Å². The molecule has 0 fully saturated rings. The summed E-state index contributed by atoms with van der Waals surface area (Å²) in [4.78, 5) is 7.63. The van der Waals surface area contributed by atoms with Gasteiger partial charge in [-0.05, 0) is 25.1 Å². The number of aromatic nitrogens is 2. The zero-order valence-electron chi connectivity index (χ0n) is 8.12. The van der Waals surface area contributed by atoms with Gasteiger partial charge in [0.2, 0.25) is 0 Å². The molecule has 2 heteroatoms. The highest BCUT2D eigenvalue weighted by atomic mass is 14.8. The minimum atomic E-state index is 1.02. The van der Waals surface area contributed by atoms with E-state index in [0.29, 0.717) is 0 Å². The number of pyridine rings is 1. The average molecular weight is 184 g/mol. The maximum Gasteiger partial charge on any atom is 0.0954 e. The Morgan fingerprint density at radius 2 is 2.36 bits per heavy atom. The lowest BCUT2D eigenvalue weighted by Gasteiger charge is -1.84. The summed E-state index contributed by atoms with van der Waals surface area (Å²) in [5, 5.41) is 2.21. The molecule has 0 saturated heterocycles. The fourth-order valence-electron chi connectivity index (χ4n) is 1.60. The van der Waals surface area contributed by atoms with Crippen molar-refractivity contribution in [3.05, 3.63) is 41.6 Å². The molecule has 2 aromatic heterocycles. The van der Waals surface area contributed by atoms with E-state index in [-0.39, 0.29) is 0 Å². The van der Waals surface area contributed by atoms with E-state index in [0.717, 1.165) is 21.6 Å². The number of hydrogen-bond acceptors (Lipinski definition) is 1. The minimum absolute atomic E-state index is 1.02. The summed E-state index contributed by atoms with van der Waals surface area (Å²) in [7, 11) is 0. The molecule has 0 aliphatic heterocycles. The quantitative estimate of drug-likeness (QED) is 0.711. The molecule has 2 aromatic rings. The van der Waals surface area contributed by atoms with E-state index in [1.807, 2.05) is 25.1 Å². The summed E-state index contributed by atoms with van der Waals surface area (Å²) < 4.78 is 0. The number of aromatic amines is 1. The minimum Gasteiger partial charge on any atom is -0.353 e. The summed E-state index contributed by atoms with van der Waals surface area (Å²) in [6.07, 6.45) is 7.59. The average Bonchev–Trinajstić information content (AvgIpc) is 2.55. The normalized spacial score (nSPS) is 13.8. The predicted molar refractivity (Wildman–Crippen MR) is 60.1 cm³/mol. The number of rotatable bonds is 1. The van der Waals surface area contributed by atoms with Crippen LogP contribution in [0.1, 0.15) is 6.92 Å². The lowest BCUT2D eigenvalue weighted by Crippen LogP contribution is -2.22. The smallest absolute Gasteiger partial charge is 0.0954 e. The molecule has 0 aromatic carbocycles. The monoisotopic (exact) mass is 184 g/mol. The summed E-state index contributed by atoms with van der Waals surface area (Å²) in [6.45, 7) is 5.70. The van der Waals surface area contributed by atoms with E-state index in [1.54, 1.807) is 12.3 Å². The summed E-state index contributed by atoms with van der Waals surface area (Å²) in [5.41, 5.74) is 2.08. The van der Waals surface area contributed by atoms with Crippen LogP contribution in [0.4, 0.5) is 0 Å². The first kappa shape index (κ1) is 8.75. The molecule has 0 unspecified atom stereocenters. The highest BCUT2D eigenvalue weighted by Gasteiger charge is 1.97. The van der Waals surface area contributed by atoms with Crippen molar-refractivity contribution in [2.45, 2.75) is 6.92 Å². The number of hydrogen-bond donors (Lipinski definition) is 1. The summed E-state index contributed by atoms with van der Waals surface area (Å²) >= 11 is 0. The Morgan fingerprint density at radius 1 is 1.50 bits per heavy atom. The lowest BCUT2D eigenvalue weighted by molar-refractivity contribution is 1.36. The largest absolute Gasteiger partial charge is 0.353 e. The molecule has 0 spiro atoms. The van der Waals surface area contributed by atoms with Crippen LogP contribution in [-0.4, -0.2) is 9.97 Å². The van der Waals surface area contributed by atoms with Gasteiger partial charge in [0.15, 0.2) is 0 Å². The van der Waals surface area contributed by atoms with Crippen LogP contribution in [0.15, 0.2) is 31.0 Å². The van der Waals surface area contributed by atoms with Crippen molar-refractivity contribution in [2.24, 2.45) is 0 Å². The van der Waals surface area contributed by atoms with Crippen LogP contribution < -0.4 is 10.6 Å². The van der Waals surface area contributed by atoms with Gasteiger partial charge in [0, 0.05) is 16.8 Å². The van der Waals surface area contributed by atoms with Crippen LogP contribution in [0.3, 0.4) is 0 Å². The SMILES string of the molecule is C=C/C=c1/[nH]c2cccnc2/c1=C/C. The van der Waals surface area contributed by atoms with Crippen molar-refractivity contribution in [3.8, 4) is 0 Å². The molecule has 0 bridgehead atoms. The molecule has 2 rings (SSSR count). The van der Waals surface area contributed by atoms with Gasteiger partial charge < -0.3 is 4.98 Å². The van der Waals surface area contributed by atoms with Crippen LogP contribution in [0.2, 0.25) is 0 Å². The highest BCUT2D eigenvalue weighted by molar-refractivity contribution is 5.76. The van der Waals surface area contributed by atoms with Crippen LogP contribution in [-0.2, 0) is 0 Å². The second-order valence-electron chi connectivity index (χ2n) is 3.04. The first-order chi connectivity index (χ1) is 6.86. The first-order valence-corrected chi connectivity index (χ1v) is 4.58. The fraction of sp³-hybridized carbons (Fsp3) is 0.0833. The third-order valence-corrected chi connectivity index (χ3v) is 2.20.